The standard InChI is InChI=1S/C24H21ClN2O2.C20H18BrClN2O2.C5H4N2O2/c25-19-7-3-5-17(15-19)10-13-24(29)12-4-8-20(16-24)27-23(28)22-21-9-2-1-6-18(21)11-14-26-22;21-16-10-15(12-23-13-16)19(25)24-18-5-2-7-20(26,11-18)8-6-14-3-1-4-17(22)9-14;8-5(9)4-3-6-1-2-7-4/h1-3,5-7,9,11,14-15,20,29H,4,8,12,16H2,(H,27,28);1,3-4,9-10,12-13,18,26H,2,5,7,11H2,(H,24,25);1-3H,(H,8,9)/t20-,24+;18-,20+;/m00./s1. The molecule has 6 aromatic rings. The quantitative estimate of drug-likeness (QED) is 0.105. The van der Waals surface area contributed by atoms with Gasteiger partial charge in [-0.3, -0.25) is 24.5 Å². The third-order valence-electron chi connectivity index (χ3n) is 10.3. The summed E-state index contributed by atoms with van der Waals surface area (Å²) in [5, 5.41) is 39.1. The van der Waals surface area contributed by atoms with E-state index >= 15 is 0 Å². The SMILES string of the molecule is O=C(N[C@H]1CCC[C@@](O)(C#Cc2cccc(Cl)c2)C1)c1cncc(Br)c1.O=C(N[C@H]1CCC[C@@](O)(C#Cc2cccc(Cl)c2)C1)c1nccc2ccccc12.O=C(O)c1cnccn1. The van der Waals surface area contributed by atoms with Gasteiger partial charge in [-0.25, -0.2) is 9.78 Å². The first-order valence-electron chi connectivity index (χ1n) is 20.3. The van der Waals surface area contributed by atoms with Crippen LogP contribution in [0.4, 0.5) is 0 Å². The molecular formula is C49H43BrCl2N6O6. The number of nitrogens with zero attached hydrogens (tertiary/aromatic N) is 4. The van der Waals surface area contributed by atoms with Crippen LogP contribution in [0.3, 0.4) is 0 Å². The fourth-order valence-corrected chi connectivity index (χ4v) is 8.00. The number of amides is 2. The van der Waals surface area contributed by atoms with Gasteiger partial charge in [-0.2, -0.15) is 0 Å². The van der Waals surface area contributed by atoms with Crippen molar-refractivity contribution < 1.29 is 29.7 Å². The summed E-state index contributed by atoms with van der Waals surface area (Å²) in [6, 6.07) is 25.5. The van der Waals surface area contributed by atoms with Crippen LogP contribution in [0.1, 0.15) is 93.8 Å². The van der Waals surface area contributed by atoms with Crippen LogP contribution in [0.15, 0.2) is 127 Å². The van der Waals surface area contributed by atoms with Crippen LogP contribution in [-0.2, 0) is 0 Å². The number of hydrogen-bond donors (Lipinski definition) is 5. The van der Waals surface area contributed by atoms with Gasteiger partial charge in [0.05, 0.1) is 11.8 Å². The fourth-order valence-electron chi connectivity index (χ4n) is 7.26. The molecule has 12 nitrogen and oxygen atoms in total. The Morgan fingerprint density at radius 3 is 1.84 bits per heavy atom. The topological polar surface area (TPSA) is 188 Å². The summed E-state index contributed by atoms with van der Waals surface area (Å²) in [7, 11) is 0. The highest BCUT2D eigenvalue weighted by molar-refractivity contribution is 9.10. The predicted octanol–water partition coefficient (Wildman–Crippen LogP) is 8.47. The van der Waals surface area contributed by atoms with Crippen molar-refractivity contribution in [2.24, 2.45) is 0 Å². The molecule has 2 fully saturated rings. The molecule has 0 saturated heterocycles. The minimum absolute atomic E-state index is 0.0301. The molecule has 3 aromatic heterocycles. The predicted molar refractivity (Wildman–Crippen MR) is 249 cm³/mol. The Balaban J connectivity index is 0.000000179. The molecule has 2 aliphatic carbocycles. The Labute approximate surface area is 389 Å². The first-order valence-corrected chi connectivity index (χ1v) is 21.9. The van der Waals surface area contributed by atoms with Crippen molar-refractivity contribution >= 4 is 67.7 Å². The molecule has 0 spiro atoms. The lowest BCUT2D eigenvalue weighted by molar-refractivity contribution is 0.0443. The number of carboxylic acids is 1. The largest absolute Gasteiger partial charge is 0.476 e. The lowest BCUT2D eigenvalue weighted by Gasteiger charge is -2.33. The van der Waals surface area contributed by atoms with Gasteiger partial charge < -0.3 is 26.0 Å². The van der Waals surface area contributed by atoms with Gasteiger partial charge in [-0.15, -0.1) is 0 Å². The normalized spacial score (nSPS) is 19.9. The van der Waals surface area contributed by atoms with Crippen LogP contribution in [0.25, 0.3) is 10.8 Å². The molecule has 326 valence electrons. The van der Waals surface area contributed by atoms with Crippen LogP contribution in [-0.4, -0.2) is 76.3 Å². The number of nitrogens with one attached hydrogen (secondary N) is 2. The van der Waals surface area contributed by atoms with Crippen molar-refractivity contribution in [2.45, 2.75) is 74.7 Å². The van der Waals surface area contributed by atoms with Gasteiger partial charge in [0.25, 0.3) is 11.8 Å². The Bertz CT molecular complexity index is 2740. The molecule has 15 heteroatoms. The van der Waals surface area contributed by atoms with Crippen LogP contribution in [0.5, 0.6) is 0 Å². The Kier molecular flexibility index (Phi) is 16.6. The van der Waals surface area contributed by atoms with E-state index in [4.69, 9.17) is 28.3 Å². The highest BCUT2D eigenvalue weighted by atomic mass is 79.9. The van der Waals surface area contributed by atoms with E-state index in [1.54, 1.807) is 42.7 Å². The van der Waals surface area contributed by atoms with E-state index in [2.05, 4.69) is 70.2 Å². The molecule has 64 heavy (non-hydrogen) atoms. The van der Waals surface area contributed by atoms with E-state index in [1.165, 1.54) is 24.8 Å². The van der Waals surface area contributed by atoms with Gasteiger partial charge in [0.15, 0.2) is 5.69 Å². The number of carboxylic acid groups (broad SMARTS) is 1. The number of rotatable bonds is 5. The average molecular weight is 963 g/mol. The maximum absolute atomic E-state index is 12.8. The number of aliphatic hydroxyl groups is 2. The van der Waals surface area contributed by atoms with E-state index < -0.39 is 17.2 Å². The second kappa shape index (κ2) is 22.4. The second-order valence-electron chi connectivity index (χ2n) is 15.3. The molecule has 8 rings (SSSR count). The molecule has 0 bridgehead atoms. The van der Waals surface area contributed by atoms with Crippen LogP contribution >= 0.6 is 39.1 Å². The summed E-state index contributed by atoms with van der Waals surface area (Å²) in [6.07, 6.45) is 13.9. The number of carbonyl (C=O) groups excluding carboxylic acids is 2. The molecule has 0 radical (unpaired) electrons. The molecule has 4 atom stereocenters. The minimum atomic E-state index is -1.13. The monoisotopic (exact) mass is 960 g/mol. The molecule has 3 aromatic carbocycles. The molecule has 0 aliphatic heterocycles. The van der Waals surface area contributed by atoms with Crippen molar-refractivity contribution in [2.75, 3.05) is 0 Å². The zero-order valence-electron chi connectivity index (χ0n) is 34.3. The third kappa shape index (κ3) is 14.2. The van der Waals surface area contributed by atoms with Crippen molar-refractivity contribution in [1.82, 2.24) is 30.6 Å². The van der Waals surface area contributed by atoms with Gasteiger partial charge in [0.2, 0.25) is 0 Å². The number of pyridine rings is 2. The molecular weight excluding hydrogens is 919 g/mol. The molecule has 0 unspecified atom stereocenters. The fraction of sp³-hybridized carbons (Fsp3) is 0.245. The highest BCUT2D eigenvalue weighted by Gasteiger charge is 2.35. The lowest BCUT2D eigenvalue weighted by atomic mass is 9.82. The highest BCUT2D eigenvalue weighted by Crippen LogP contribution is 2.30. The number of hydrogen-bond acceptors (Lipinski definition) is 9. The number of benzene rings is 3. The summed E-state index contributed by atoms with van der Waals surface area (Å²) in [4.78, 5) is 50.7. The van der Waals surface area contributed by atoms with Gasteiger partial charge in [-0.05, 0) is 108 Å². The van der Waals surface area contributed by atoms with E-state index in [0.29, 0.717) is 47.0 Å². The average Bonchev–Trinajstić information content (AvgIpc) is 3.28. The van der Waals surface area contributed by atoms with E-state index in [1.807, 2.05) is 54.6 Å². The summed E-state index contributed by atoms with van der Waals surface area (Å²) >= 11 is 15.3. The van der Waals surface area contributed by atoms with Crippen LogP contribution in [0, 0.1) is 23.7 Å². The summed E-state index contributed by atoms with van der Waals surface area (Å²) in [6.45, 7) is 0. The Morgan fingerprint density at radius 1 is 0.688 bits per heavy atom. The van der Waals surface area contributed by atoms with Gasteiger partial charge in [0, 0.05) is 86.9 Å². The number of aromatic nitrogens is 4. The van der Waals surface area contributed by atoms with Crippen molar-refractivity contribution in [3.8, 4) is 23.7 Å². The summed E-state index contributed by atoms with van der Waals surface area (Å²) in [5.41, 5.74) is 0.131. The van der Waals surface area contributed by atoms with Crippen LogP contribution in [0.2, 0.25) is 10.0 Å². The third-order valence-corrected chi connectivity index (χ3v) is 11.2. The van der Waals surface area contributed by atoms with Crippen molar-refractivity contribution in [3.05, 3.63) is 165 Å². The van der Waals surface area contributed by atoms with Gasteiger partial charge in [0.1, 0.15) is 16.9 Å². The summed E-state index contributed by atoms with van der Waals surface area (Å²) in [5.74, 6) is 10.5. The Hall–Kier alpha value is -6.19. The number of fused-ring (bicyclic) bond motifs is 1. The van der Waals surface area contributed by atoms with Crippen molar-refractivity contribution in [3.63, 3.8) is 0 Å². The van der Waals surface area contributed by atoms with E-state index in [0.717, 1.165) is 52.1 Å². The zero-order chi connectivity index (χ0) is 45.5. The first kappa shape index (κ1) is 47.3. The first-order chi connectivity index (χ1) is 30.8. The minimum Gasteiger partial charge on any atom is -0.476 e. The molecule has 5 N–H and O–H groups in total. The number of halogens is 3. The number of carbonyl (C=O) groups is 3. The van der Waals surface area contributed by atoms with Crippen molar-refractivity contribution in [1.29, 1.82) is 0 Å². The Morgan fingerprint density at radius 2 is 1.30 bits per heavy atom. The molecule has 3 heterocycles. The van der Waals surface area contributed by atoms with Gasteiger partial charge >= 0.3 is 5.97 Å². The maximum atomic E-state index is 12.8. The summed E-state index contributed by atoms with van der Waals surface area (Å²) < 4.78 is 0.748. The molecule has 2 amide bonds. The van der Waals surface area contributed by atoms with Crippen LogP contribution < -0.4 is 10.6 Å². The van der Waals surface area contributed by atoms with E-state index in [9.17, 15) is 24.6 Å². The smallest absolute Gasteiger partial charge is 0.356 e. The maximum Gasteiger partial charge on any atom is 0.356 e. The second-order valence-corrected chi connectivity index (χ2v) is 17.1. The van der Waals surface area contributed by atoms with Gasteiger partial charge in [-0.1, -0.05) is 83.3 Å². The number of aromatic carboxylic acids is 1. The molecule has 2 saturated carbocycles. The molecule has 2 aliphatic rings. The van der Waals surface area contributed by atoms with E-state index in [-0.39, 0.29) is 29.6 Å². The lowest BCUT2D eigenvalue weighted by Crippen LogP contribution is -2.45. The zero-order valence-corrected chi connectivity index (χ0v) is 37.4.